The average molecular weight is 338 g/mol. The normalized spacial score (nSPS) is 16.7. The Hall–Kier alpha value is -2.66. The van der Waals surface area contributed by atoms with E-state index in [2.05, 4.69) is 5.32 Å². The number of benzene rings is 2. The molecule has 0 unspecified atom stereocenters. The van der Waals surface area contributed by atoms with Crippen LogP contribution < -0.4 is 5.32 Å². The molecule has 0 aromatic heterocycles. The fraction of sp³-hybridized carbons (Fsp3) is 0.300. The number of rotatable bonds is 5. The summed E-state index contributed by atoms with van der Waals surface area (Å²) in [6, 6.07) is 17.1. The Morgan fingerprint density at radius 3 is 2.40 bits per heavy atom. The molecule has 5 nitrogen and oxygen atoms in total. The van der Waals surface area contributed by atoms with Crippen LogP contribution in [0.3, 0.4) is 0 Å². The van der Waals surface area contributed by atoms with Gasteiger partial charge in [0.15, 0.2) is 0 Å². The van der Waals surface area contributed by atoms with E-state index in [1.807, 2.05) is 42.5 Å². The molecule has 2 N–H and O–H groups in total. The summed E-state index contributed by atoms with van der Waals surface area (Å²) in [6.07, 6.45) is 1.71. The second-order valence-corrected chi connectivity index (χ2v) is 6.19. The van der Waals surface area contributed by atoms with Crippen LogP contribution >= 0.6 is 0 Å². The van der Waals surface area contributed by atoms with Crippen LogP contribution in [0.2, 0.25) is 0 Å². The standard InChI is InChI=1S/C20H22N2O3/c23-14-18-7-4-12-22(18)19(24)13-21-20(25)17-10-8-16(9-11-17)15-5-2-1-3-6-15/h1-3,5-6,8-11,18,23H,4,7,12-14H2,(H,21,25)/t18-/m1/s1. The SMILES string of the molecule is O=C(NCC(=O)N1CCC[C@@H]1CO)c1ccc(-c2ccccc2)cc1. The van der Waals surface area contributed by atoms with E-state index in [0.717, 1.165) is 24.0 Å². The summed E-state index contributed by atoms with van der Waals surface area (Å²) in [5.74, 6) is -0.418. The zero-order valence-electron chi connectivity index (χ0n) is 14.0. The third-order valence-electron chi connectivity index (χ3n) is 4.56. The minimum atomic E-state index is -0.271. The molecule has 3 rings (SSSR count). The summed E-state index contributed by atoms with van der Waals surface area (Å²) in [7, 11) is 0. The topological polar surface area (TPSA) is 69.6 Å². The van der Waals surface area contributed by atoms with E-state index in [-0.39, 0.29) is 31.0 Å². The highest BCUT2D eigenvalue weighted by Crippen LogP contribution is 2.19. The summed E-state index contributed by atoms with van der Waals surface area (Å²) >= 11 is 0. The van der Waals surface area contributed by atoms with E-state index >= 15 is 0 Å². The number of hydrogen-bond donors (Lipinski definition) is 2. The fourth-order valence-corrected chi connectivity index (χ4v) is 3.16. The number of likely N-dealkylation sites (tertiary alicyclic amines) is 1. The summed E-state index contributed by atoms with van der Waals surface area (Å²) < 4.78 is 0. The highest BCUT2D eigenvalue weighted by Gasteiger charge is 2.27. The van der Waals surface area contributed by atoms with Crippen molar-refractivity contribution in [1.82, 2.24) is 10.2 Å². The van der Waals surface area contributed by atoms with Crippen LogP contribution in [0.5, 0.6) is 0 Å². The molecule has 1 heterocycles. The maximum Gasteiger partial charge on any atom is 0.251 e. The average Bonchev–Trinajstić information content (AvgIpc) is 3.15. The monoisotopic (exact) mass is 338 g/mol. The number of carbonyl (C=O) groups excluding carboxylic acids is 2. The fourth-order valence-electron chi connectivity index (χ4n) is 3.16. The molecule has 1 aliphatic heterocycles. The van der Waals surface area contributed by atoms with Gasteiger partial charge >= 0.3 is 0 Å². The molecule has 0 saturated carbocycles. The first-order valence-electron chi connectivity index (χ1n) is 8.53. The lowest BCUT2D eigenvalue weighted by Gasteiger charge is -2.23. The van der Waals surface area contributed by atoms with Gasteiger partial charge in [0.05, 0.1) is 19.2 Å². The lowest BCUT2D eigenvalue weighted by Crippen LogP contribution is -2.43. The van der Waals surface area contributed by atoms with Gasteiger partial charge in [0.1, 0.15) is 0 Å². The Balaban J connectivity index is 1.57. The van der Waals surface area contributed by atoms with Crippen molar-refractivity contribution in [1.29, 1.82) is 0 Å². The minimum Gasteiger partial charge on any atom is -0.394 e. The van der Waals surface area contributed by atoms with Gasteiger partial charge in [-0.3, -0.25) is 9.59 Å². The van der Waals surface area contributed by atoms with Gasteiger partial charge in [0.25, 0.3) is 5.91 Å². The van der Waals surface area contributed by atoms with E-state index in [0.29, 0.717) is 12.1 Å². The molecule has 0 bridgehead atoms. The third kappa shape index (κ3) is 4.06. The first-order valence-corrected chi connectivity index (χ1v) is 8.53. The van der Waals surface area contributed by atoms with Crippen LogP contribution in [-0.2, 0) is 4.79 Å². The van der Waals surface area contributed by atoms with Crippen molar-refractivity contribution < 1.29 is 14.7 Å². The summed E-state index contributed by atoms with van der Waals surface area (Å²) in [5.41, 5.74) is 2.65. The Kier molecular flexibility index (Phi) is 5.46. The zero-order valence-corrected chi connectivity index (χ0v) is 14.0. The highest BCUT2D eigenvalue weighted by molar-refractivity contribution is 5.96. The highest BCUT2D eigenvalue weighted by atomic mass is 16.3. The molecule has 0 aliphatic carbocycles. The van der Waals surface area contributed by atoms with Gasteiger partial charge in [-0.2, -0.15) is 0 Å². The molecule has 2 aromatic carbocycles. The molecule has 5 heteroatoms. The van der Waals surface area contributed by atoms with E-state index in [4.69, 9.17) is 0 Å². The van der Waals surface area contributed by atoms with Gasteiger partial charge in [0, 0.05) is 12.1 Å². The van der Waals surface area contributed by atoms with Gasteiger partial charge in [-0.05, 0) is 36.1 Å². The van der Waals surface area contributed by atoms with Crippen molar-refractivity contribution >= 4 is 11.8 Å². The number of hydrogen-bond acceptors (Lipinski definition) is 3. The van der Waals surface area contributed by atoms with Gasteiger partial charge < -0.3 is 15.3 Å². The first kappa shape index (κ1) is 17.2. The summed E-state index contributed by atoms with van der Waals surface area (Å²) in [5, 5.41) is 11.9. The number of amides is 2. The molecule has 1 saturated heterocycles. The molecule has 2 aromatic rings. The quantitative estimate of drug-likeness (QED) is 0.877. The Bertz CT molecular complexity index is 728. The molecule has 0 spiro atoms. The zero-order chi connectivity index (χ0) is 17.6. The van der Waals surface area contributed by atoms with E-state index in [1.54, 1.807) is 17.0 Å². The minimum absolute atomic E-state index is 0.0271. The molecule has 25 heavy (non-hydrogen) atoms. The molecule has 1 aliphatic rings. The lowest BCUT2D eigenvalue weighted by atomic mass is 10.0. The first-order chi connectivity index (χ1) is 12.2. The van der Waals surface area contributed by atoms with Crippen molar-refractivity contribution in [2.24, 2.45) is 0 Å². The van der Waals surface area contributed by atoms with Crippen LogP contribution in [0.1, 0.15) is 23.2 Å². The van der Waals surface area contributed by atoms with Gasteiger partial charge in [-0.15, -0.1) is 0 Å². The van der Waals surface area contributed by atoms with Crippen molar-refractivity contribution in [2.75, 3.05) is 19.7 Å². The van der Waals surface area contributed by atoms with Gasteiger partial charge in [-0.25, -0.2) is 0 Å². The maximum absolute atomic E-state index is 12.2. The second kappa shape index (κ2) is 7.94. The van der Waals surface area contributed by atoms with Crippen molar-refractivity contribution in [3.05, 3.63) is 60.2 Å². The number of carbonyl (C=O) groups is 2. The van der Waals surface area contributed by atoms with Crippen LogP contribution in [-0.4, -0.2) is 47.6 Å². The summed E-state index contributed by atoms with van der Waals surface area (Å²) in [4.78, 5) is 26.1. The van der Waals surface area contributed by atoms with E-state index < -0.39 is 0 Å². The number of nitrogens with zero attached hydrogens (tertiary/aromatic N) is 1. The number of aliphatic hydroxyl groups excluding tert-OH is 1. The molecule has 2 amide bonds. The van der Waals surface area contributed by atoms with Crippen LogP contribution in [0, 0.1) is 0 Å². The third-order valence-corrected chi connectivity index (χ3v) is 4.56. The van der Waals surface area contributed by atoms with Crippen molar-refractivity contribution in [3.8, 4) is 11.1 Å². The largest absolute Gasteiger partial charge is 0.394 e. The molecule has 130 valence electrons. The Morgan fingerprint density at radius 2 is 1.72 bits per heavy atom. The van der Waals surface area contributed by atoms with Crippen molar-refractivity contribution in [2.45, 2.75) is 18.9 Å². The van der Waals surface area contributed by atoms with Gasteiger partial charge in [0.2, 0.25) is 5.91 Å². The molecule has 0 radical (unpaired) electrons. The lowest BCUT2D eigenvalue weighted by molar-refractivity contribution is -0.131. The predicted molar refractivity (Wildman–Crippen MR) is 96.0 cm³/mol. The van der Waals surface area contributed by atoms with Crippen LogP contribution in [0.15, 0.2) is 54.6 Å². The Labute approximate surface area is 147 Å². The van der Waals surface area contributed by atoms with E-state index in [9.17, 15) is 14.7 Å². The molecule has 1 atom stereocenters. The number of nitrogens with one attached hydrogen (secondary N) is 1. The maximum atomic E-state index is 12.2. The predicted octanol–water partition coefficient (Wildman–Crippen LogP) is 2.07. The van der Waals surface area contributed by atoms with Crippen LogP contribution in [0.25, 0.3) is 11.1 Å². The van der Waals surface area contributed by atoms with Crippen LogP contribution in [0.4, 0.5) is 0 Å². The summed E-state index contributed by atoms with van der Waals surface area (Å²) in [6.45, 7) is 0.572. The number of aliphatic hydroxyl groups is 1. The van der Waals surface area contributed by atoms with Gasteiger partial charge in [-0.1, -0.05) is 42.5 Å². The Morgan fingerprint density at radius 1 is 1.04 bits per heavy atom. The second-order valence-electron chi connectivity index (χ2n) is 6.19. The van der Waals surface area contributed by atoms with E-state index in [1.165, 1.54) is 0 Å². The van der Waals surface area contributed by atoms with Crippen molar-refractivity contribution in [3.63, 3.8) is 0 Å². The molecular weight excluding hydrogens is 316 g/mol. The molecular formula is C20H22N2O3. The smallest absolute Gasteiger partial charge is 0.251 e. The molecule has 1 fully saturated rings.